The van der Waals surface area contributed by atoms with Crippen LogP contribution in [0.2, 0.25) is 5.02 Å². The quantitative estimate of drug-likeness (QED) is 0.805. The van der Waals surface area contributed by atoms with E-state index < -0.39 is 6.10 Å². The predicted octanol–water partition coefficient (Wildman–Crippen LogP) is 3.05. The lowest BCUT2D eigenvalue weighted by atomic mass is 10.2. The molecule has 0 bridgehead atoms. The summed E-state index contributed by atoms with van der Waals surface area (Å²) >= 11 is 5.87. The van der Waals surface area contributed by atoms with E-state index in [1.54, 1.807) is 36.4 Å². The van der Waals surface area contributed by atoms with Crippen molar-refractivity contribution in [1.29, 1.82) is 0 Å². The predicted molar refractivity (Wildman–Crippen MR) is 84.0 cm³/mol. The monoisotopic (exact) mass is 307 g/mol. The van der Waals surface area contributed by atoms with E-state index in [1.165, 1.54) is 0 Å². The second-order valence-corrected chi connectivity index (χ2v) is 5.19. The molecule has 112 valence electrons. The molecule has 1 atom stereocenters. The minimum atomic E-state index is -0.735. The normalized spacial score (nSPS) is 12.0. The first kappa shape index (κ1) is 15.5. The summed E-state index contributed by atoms with van der Waals surface area (Å²) in [6.45, 7) is 2.18. The Morgan fingerprint density at radius 2 is 1.90 bits per heavy atom. The van der Waals surface area contributed by atoms with Crippen molar-refractivity contribution >= 4 is 17.3 Å². The fourth-order valence-corrected chi connectivity index (χ4v) is 2.03. The minimum Gasteiger partial charge on any atom is -0.491 e. The van der Waals surface area contributed by atoms with Crippen molar-refractivity contribution in [2.24, 2.45) is 0 Å². The highest BCUT2D eigenvalue weighted by Crippen LogP contribution is 2.22. The fraction of sp³-hybridized carbons (Fsp3) is 0.250. The van der Waals surface area contributed by atoms with Gasteiger partial charge in [0.1, 0.15) is 30.8 Å². The van der Waals surface area contributed by atoms with E-state index in [2.05, 4.69) is 0 Å². The summed E-state index contributed by atoms with van der Waals surface area (Å²) in [4.78, 5) is 0. The minimum absolute atomic E-state index is 0.135. The smallest absolute Gasteiger partial charge is 0.122 e. The Bertz CT molecular complexity index is 604. The average Bonchev–Trinajstić information content (AvgIpc) is 2.44. The highest BCUT2D eigenvalue weighted by Gasteiger charge is 2.08. The topological polar surface area (TPSA) is 64.7 Å². The lowest BCUT2D eigenvalue weighted by Gasteiger charge is -2.15. The Hall–Kier alpha value is -1.91. The molecule has 1 unspecified atom stereocenters. The van der Waals surface area contributed by atoms with Gasteiger partial charge in [-0.1, -0.05) is 17.7 Å². The zero-order valence-corrected chi connectivity index (χ0v) is 12.5. The van der Waals surface area contributed by atoms with Gasteiger partial charge in [-0.2, -0.15) is 0 Å². The molecule has 0 spiro atoms. The number of nitrogen functional groups attached to an aromatic ring is 1. The third kappa shape index (κ3) is 4.85. The molecule has 2 rings (SSSR count). The third-order valence-corrected chi connectivity index (χ3v) is 3.10. The van der Waals surface area contributed by atoms with Gasteiger partial charge in [0.25, 0.3) is 0 Å². The molecule has 0 heterocycles. The summed E-state index contributed by atoms with van der Waals surface area (Å²) in [6.07, 6.45) is -0.735. The van der Waals surface area contributed by atoms with Crippen molar-refractivity contribution in [3.05, 3.63) is 53.1 Å². The summed E-state index contributed by atoms with van der Waals surface area (Å²) in [5.74, 6) is 1.32. The first-order valence-corrected chi connectivity index (χ1v) is 6.98. The number of hydrogen-bond acceptors (Lipinski definition) is 4. The molecule has 2 aromatic carbocycles. The van der Waals surface area contributed by atoms with E-state index in [1.807, 2.05) is 13.0 Å². The van der Waals surface area contributed by atoms with Gasteiger partial charge in [-0.25, -0.2) is 0 Å². The molecular weight excluding hydrogens is 290 g/mol. The Morgan fingerprint density at radius 1 is 1.14 bits per heavy atom. The summed E-state index contributed by atoms with van der Waals surface area (Å²) in [7, 11) is 0. The van der Waals surface area contributed by atoms with Crippen LogP contribution in [0, 0.1) is 6.92 Å². The molecule has 0 fully saturated rings. The fourth-order valence-electron chi connectivity index (χ4n) is 1.81. The maximum Gasteiger partial charge on any atom is 0.122 e. The van der Waals surface area contributed by atoms with Crippen LogP contribution in [0.3, 0.4) is 0 Å². The van der Waals surface area contributed by atoms with Crippen LogP contribution in [0.4, 0.5) is 5.69 Å². The second kappa shape index (κ2) is 7.20. The molecule has 21 heavy (non-hydrogen) atoms. The van der Waals surface area contributed by atoms with Crippen LogP contribution in [-0.2, 0) is 0 Å². The number of aryl methyl sites for hydroxylation is 1. The van der Waals surface area contributed by atoms with Crippen LogP contribution in [0.25, 0.3) is 0 Å². The van der Waals surface area contributed by atoms with Crippen molar-refractivity contribution < 1.29 is 14.6 Å². The highest BCUT2D eigenvalue weighted by molar-refractivity contribution is 6.30. The number of anilines is 1. The molecule has 0 aliphatic rings. The molecule has 0 radical (unpaired) electrons. The largest absolute Gasteiger partial charge is 0.491 e. The van der Waals surface area contributed by atoms with E-state index in [4.69, 9.17) is 26.8 Å². The average molecular weight is 308 g/mol. The number of aliphatic hydroxyl groups excluding tert-OH is 1. The zero-order chi connectivity index (χ0) is 15.2. The van der Waals surface area contributed by atoms with E-state index in [-0.39, 0.29) is 13.2 Å². The number of nitrogens with two attached hydrogens (primary N) is 1. The first-order valence-electron chi connectivity index (χ1n) is 6.60. The third-order valence-electron chi connectivity index (χ3n) is 2.87. The van der Waals surface area contributed by atoms with Crippen LogP contribution in [0.5, 0.6) is 11.5 Å². The summed E-state index contributed by atoms with van der Waals surface area (Å²) < 4.78 is 11.0. The lowest BCUT2D eigenvalue weighted by molar-refractivity contribution is 0.0624. The van der Waals surface area contributed by atoms with Crippen LogP contribution in [-0.4, -0.2) is 24.4 Å². The molecule has 0 aromatic heterocycles. The van der Waals surface area contributed by atoms with E-state index >= 15 is 0 Å². The van der Waals surface area contributed by atoms with E-state index in [0.717, 1.165) is 5.56 Å². The molecule has 0 aliphatic heterocycles. The van der Waals surface area contributed by atoms with Crippen LogP contribution in [0.1, 0.15) is 5.56 Å². The SMILES string of the molecule is Cc1cc(Cl)ccc1OCC(O)COc1cccc(N)c1. The summed E-state index contributed by atoms with van der Waals surface area (Å²) in [5, 5.41) is 10.5. The van der Waals surface area contributed by atoms with Crippen molar-refractivity contribution in [1.82, 2.24) is 0 Å². The lowest BCUT2D eigenvalue weighted by Crippen LogP contribution is -2.25. The van der Waals surface area contributed by atoms with Crippen molar-refractivity contribution in [2.45, 2.75) is 13.0 Å². The van der Waals surface area contributed by atoms with Gasteiger partial charge in [-0.05, 0) is 42.8 Å². The molecule has 0 aliphatic carbocycles. The molecule has 0 amide bonds. The van der Waals surface area contributed by atoms with Crippen LogP contribution >= 0.6 is 11.6 Å². The van der Waals surface area contributed by atoms with Gasteiger partial charge in [0.05, 0.1) is 0 Å². The Balaban J connectivity index is 1.80. The number of aliphatic hydroxyl groups is 1. The molecule has 5 heteroatoms. The van der Waals surface area contributed by atoms with Gasteiger partial charge >= 0.3 is 0 Å². The van der Waals surface area contributed by atoms with Crippen LogP contribution < -0.4 is 15.2 Å². The standard InChI is InChI=1S/C16H18ClNO3/c1-11-7-12(17)5-6-16(11)21-10-14(19)9-20-15-4-2-3-13(18)8-15/h2-8,14,19H,9-10,18H2,1H3. The first-order chi connectivity index (χ1) is 10.0. The van der Waals surface area contributed by atoms with Gasteiger partial charge in [0.15, 0.2) is 0 Å². The second-order valence-electron chi connectivity index (χ2n) is 4.76. The van der Waals surface area contributed by atoms with E-state index in [9.17, 15) is 5.11 Å². The number of hydrogen-bond donors (Lipinski definition) is 2. The van der Waals surface area contributed by atoms with Crippen molar-refractivity contribution in [3.8, 4) is 11.5 Å². The molecule has 0 saturated carbocycles. The number of rotatable bonds is 6. The van der Waals surface area contributed by atoms with Gasteiger partial charge < -0.3 is 20.3 Å². The summed E-state index contributed by atoms with van der Waals surface area (Å²) in [6, 6.07) is 12.4. The zero-order valence-electron chi connectivity index (χ0n) is 11.8. The Kier molecular flexibility index (Phi) is 5.31. The molecule has 4 nitrogen and oxygen atoms in total. The molecular formula is C16H18ClNO3. The Morgan fingerprint density at radius 3 is 2.62 bits per heavy atom. The van der Waals surface area contributed by atoms with Crippen molar-refractivity contribution in [3.63, 3.8) is 0 Å². The van der Waals surface area contributed by atoms with Gasteiger partial charge in [-0.3, -0.25) is 0 Å². The number of halogens is 1. The maximum atomic E-state index is 9.88. The van der Waals surface area contributed by atoms with E-state index in [0.29, 0.717) is 22.2 Å². The summed E-state index contributed by atoms with van der Waals surface area (Å²) in [5.41, 5.74) is 7.19. The van der Waals surface area contributed by atoms with Crippen molar-refractivity contribution in [2.75, 3.05) is 18.9 Å². The Labute approximate surface area is 129 Å². The number of benzene rings is 2. The van der Waals surface area contributed by atoms with Crippen LogP contribution in [0.15, 0.2) is 42.5 Å². The van der Waals surface area contributed by atoms with Gasteiger partial charge in [0, 0.05) is 16.8 Å². The molecule has 0 saturated heterocycles. The number of ether oxygens (including phenoxy) is 2. The molecule has 3 N–H and O–H groups in total. The maximum absolute atomic E-state index is 9.88. The van der Waals surface area contributed by atoms with Gasteiger partial charge in [-0.15, -0.1) is 0 Å². The molecule has 2 aromatic rings. The highest BCUT2D eigenvalue weighted by atomic mass is 35.5. The van der Waals surface area contributed by atoms with Gasteiger partial charge in [0.2, 0.25) is 0 Å².